The molecule has 1 atom stereocenters. The number of H-pyrrole nitrogens is 2. The average Bonchev–Trinajstić information content (AvgIpc) is 3.11. The number of azo groups is 1. The summed E-state index contributed by atoms with van der Waals surface area (Å²) in [7, 11) is 0. The van der Waals surface area contributed by atoms with Crippen LogP contribution < -0.4 is 11.0 Å². The summed E-state index contributed by atoms with van der Waals surface area (Å²) in [4.78, 5) is 40.6. The molecule has 3 rings (SSSR count). The summed E-state index contributed by atoms with van der Waals surface area (Å²) in [5.74, 6) is -1.02. The highest BCUT2D eigenvalue weighted by Gasteiger charge is 2.23. The normalized spacial score (nSPS) is 11.1. The number of nitrogens with one attached hydrogen (secondary N) is 3. The number of imidazole rings is 1. The second-order valence-electron chi connectivity index (χ2n) is 5.39. The van der Waals surface area contributed by atoms with E-state index in [9.17, 15) is 14.4 Å². The third-order valence-corrected chi connectivity index (χ3v) is 3.46. The van der Waals surface area contributed by atoms with Crippen LogP contribution in [0.5, 0.6) is 0 Å². The summed E-state index contributed by atoms with van der Waals surface area (Å²) in [6.45, 7) is 9.28. The number of nitrogens with zero attached hydrogens (tertiary/aromatic N) is 2. The van der Waals surface area contributed by atoms with E-state index in [1.54, 1.807) is 42.5 Å². The molecule has 3 N–H and O–H groups in total. The van der Waals surface area contributed by atoms with E-state index in [0.29, 0.717) is 22.4 Å². The van der Waals surface area contributed by atoms with Gasteiger partial charge in [-0.3, -0.25) is 9.59 Å². The summed E-state index contributed by atoms with van der Waals surface area (Å²) >= 11 is 0. The highest BCUT2D eigenvalue weighted by Crippen LogP contribution is 2.16. The molecule has 3 aromatic rings. The number of carbonyl (C=O) groups excluding carboxylic acids is 2. The molecule has 1 heterocycles. The van der Waals surface area contributed by atoms with Gasteiger partial charge in [-0.1, -0.05) is 45.9 Å². The first kappa shape index (κ1) is 23.5. The van der Waals surface area contributed by atoms with Gasteiger partial charge in [0, 0.05) is 5.69 Å². The second-order valence-corrected chi connectivity index (χ2v) is 5.39. The fourth-order valence-corrected chi connectivity index (χ4v) is 2.26. The van der Waals surface area contributed by atoms with Crippen LogP contribution in [-0.4, -0.2) is 27.7 Å². The van der Waals surface area contributed by atoms with Crippen LogP contribution in [0.1, 0.15) is 34.6 Å². The lowest BCUT2D eigenvalue weighted by molar-refractivity contribution is -0.126. The van der Waals surface area contributed by atoms with Crippen LogP contribution in [0, 0.1) is 0 Å². The zero-order valence-electron chi connectivity index (χ0n) is 17.3. The highest BCUT2D eigenvalue weighted by molar-refractivity contribution is 6.10. The van der Waals surface area contributed by atoms with Gasteiger partial charge >= 0.3 is 5.69 Å². The van der Waals surface area contributed by atoms with Crippen molar-refractivity contribution in [1.82, 2.24) is 9.97 Å². The third kappa shape index (κ3) is 6.84. The smallest absolute Gasteiger partial charge is 0.323 e. The molecule has 8 heteroatoms. The van der Waals surface area contributed by atoms with Crippen LogP contribution in [0.3, 0.4) is 0 Å². The van der Waals surface area contributed by atoms with Gasteiger partial charge in [-0.05, 0) is 37.3 Å². The topological polar surface area (TPSA) is 120 Å². The molecule has 0 aliphatic carbocycles. The number of anilines is 1. The molecule has 0 bridgehead atoms. The maximum Gasteiger partial charge on any atom is 0.323 e. The van der Waals surface area contributed by atoms with Gasteiger partial charge in [-0.15, -0.1) is 0 Å². The second kappa shape index (κ2) is 12.0. The Morgan fingerprint density at radius 3 is 2.17 bits per heavy atom. The first-order valence-corrected chi connectivity index (χ1v) is 9.52. The number of rotatable bonds is 5. The molecule has 0 saturated carbocycles. The van der Waals surface area contributed by atoms with Gasteiger partial charge in [-0.25, -0.2) is 4.79 Å². The van der Waals surface area contributed by atoms with Gasteiger partial charge in [0.15, 0.2) is 5.78 Å². The van der Waals surface area contributed by atoms with Gasteiger partial charge in [0.1, 0.15) is 0 Å². The number of carbonyl (C=O) groups is 2. The maximum absolute atomic E-state index is 12.4. The van der Waals surface area contributed by atoms with E-state index in [0.717, 1.165) is 0 Å². The highest BCUT2D eigenvalue weighted by atomic mass is 16.2. The Morgan fingerprint density at radius 1 is 0.931 bits per heavy atom. The molecule has 1 amide bonds. The van der Waals surface area contributed by atoms with E-state index in [-0.39, 0.29) is 5.69 Å². The standard InChI is InChI=1S/C17H15N5O3.2C2H6/c1-10(23)15(22-21-11-5-3-2-4-6-11)16(24)18-12-7-8-13-14(9-12)20-17(25)19-13;2*1-2/h2-9,15H,1H3,(H,18,24)(H2,19,20,25);2*1-2H3. The van der Waals surface area contributed by atoms with Crippen LogP contribution in [0.25, 0.3) is 11.0 Å². The molecule has 154 valence electrons. The van der Waals surface area contributed by atoms with Crippen molar-refractivity contribution in [2.75, 3.05) is 5.32 Å². The minimum absolute atomic E-state index is 0.336. The van der Waals surface area contributed by atoms with E-state index in [4.69, 9.17) is 0 Å². The molecule has 8 nitrogen and oxygen atoms in total. The van der Waals surface area contributed by atoms with Gasteiger partial charge in [0.05, 0.1) is 16.7 Å². The summed E-state index contributed by atoms with van der Waals surface area (Å²) in [6.07, 6.45) is 0. The molecular formula is C21H27N5O3. The fourth-order valence-electron chi connectivity index (χ4n) is 2.26. The van der Waals surface area contributed by atoms with Crippen molar-refractivity contribution in [2.45, 2.75) is 40.7 Å². The number of fused-ring (bicyclic) bond motifs is 1. The van der Waals surface area contributed by atoms with Crippen molar-refractivity contribution >= 4 is 34.1 Å². The minimum Gasteiger partial charge on any atom is -0.324 e. The van der Waals surface area contributed by atoms with Crippen molar-refractivity contribution in [2.24, 2.45) is 10.2 Å². The largest absolute Gasteiger partial charge is 0.324 e. The van der Waals surface area contributed by atoms with E-state index < -0.39 is 17.7 Å². The first-order valence-electron chi connectivity index (χ1n) is 9.52. The van der Waals surface area contributed by atoms with E-state index in [1.807, 2.05) is 33.8 Å². The van der Waals surface area contributed by atoms with Crippen molar-refractivity contribution < 1.29 is 9.59 Å². The van der Waals surface area contributed by atoms with Crippen molar-refractivity contribution in [3.8, 4) is 0 Å². The summed E-state index contributed by atoms with van der Waals surface area (Å²) < 4.78 is 0. The maximum atomic E-state index is 12.4. The zero-order chi connectivity index (χ0) is 21.8. The van der Waals surface area contributed by atoms with Crippen LogP contribution in [0.2, 0.25) is 0 Å². The van der Waals surface area contributed by atoms with Crippen molar-refractivity contribution in [1.29, 1.82) is 0 Å². The van der Waals surface area contributed by atoms with Crippen LogP contribution in [0.4, 0.5) is 11.4 Å². The fraction of sp³-hybridized carbons (Fsp3) is 0.286. The number of ketones is 1. The molecule has 0 saturated heterocycles. The summed E-state index contributed by atoms with van der Waals surface area (Å²) in [6, 6.07) is 12.4. The predicted octanol–water partition coefficient (Wildman–Crippen LogP) is 4.59. The lowest BCUT2D eigenvalue weighted by Gasteiger charge is -2.09. The van der Waals surface area contributed by atoms with Crippen molar-refractivity contribution in [3.05, 3.63) is 59.0 Å². The molecule has 0 fully saturated rings. The van der Waals surface area contributed by atoms with E-state index in [1.165, 1.54) is 6.92 Å². The first-order chi connectivity index (χ1) is 14.0. The predicted molar refractivity (Wildman–Crippen MR) is 116 cm³/mol. The van der Waals surface area contributed by atoms with Crippen LogP contribution in [-0.2, 0) is 9.59 Å². The number of aromatic amines is 2. The monoisotopic (exact) mass is 397 g/mol. The number of aromatic nitrogens is 2. The van der Waals surface area contributed by atoms with Crippen LogP contribution >= 0.6 is 0 Å². The number of benzene rings is 2. The average molecular weight is 397 g/mol. The molecule has 0 aliphatic rings. The lowest BCUT2D eigenvalue weighted by atomic mass is 10.2. The molecular weight excluding hydrogens is 370 g/mol. The van der Waals surface area contributed by atoms with E-state index in [2.05, 4.69) is 25.5 Å². The Bertz CT molecular complexity index is 1010. The molecule has 0 aliphatic heterocycles. The Morgan fingerprint density at radius 2 is 1.55 bits per heavy atom. The molecule has 0 radical (unpaired) electrons. The van der Waals surface area contributed by atoms with Crippen molar-refractivity contribution in [3.63, 3.8) is 0 Å². The number of hydrogen-bond donors (Lipinski definition) is 3. The van der Waals surface area contributed by atoms with Gasteiger partial charge in [0.25, 0.3) is 5.91 Å². The van der Waals surface area contributed by atoms with Gasteiger partial charge < -0.3 is 15.3 Å². The van der Waals surface area contributed by atoms with E-state index >= 15 is 0 Å². The Hall–Kier alpha value is -3.55. The molecule has 0 spiro atoms. The number of hydrogen-bond acceptors (Lipinski definition) is 5. The number of Topliss-reactive ketones (excluding diaryl/α,β-unsaturated/α-hetero) is 1. The van der Waals surface area contributed by atoms with Gasteiger partial charge in [0.2, 0.25) is 6.04 Å². The minimum atomic E-state index is -1.25. The molecule has 1 unspecified atom stereocenters. The zero-order valence-corrected chi connectivity index (χ0v) is 17.3. The lowest BCUT2D eigenvalue weighted by Crippen LogP contribution is -2.31. The number of amides is 1. The quantitative estimate of drug-likeness (QED) is 0.431. The summed E-state index contributed by atoms with van der Waals surface area (Å²) in [5, 5.41) is 10.4. The Kier molecular flexibility index (Phi) is 9.73. The SMILES string of the molecule is CC.CC.CC(=O)C(N=Nc1ccccc1)C(=O)Nc1ccc2[nH]c(=O)[nH]c2c1. The third-order valence-electron chi connectivity index (χ3n) is 3.46. The Balaban J connectivity index is 0.000000989. The molecule has 1 aromatic heterocycles. The molecule has 29 heavy (non-hydrogen) atoms. The Labute approximate surface area is 169 Å². The van der Waals surface area contributed by atoms with Crippen LogP contribution in [0.15, 0.2) is 63.6 Å². The van der Waals surface area contributed by atoms with Gasteiger partial charge in [-0.2, -0.15) is 10.2 Å². The molecule has 2 aromatic carbocycles. The summed E-state index contributed by atoms with van der Waals surface area (Å²) in [5.41, 5.74) is 1.82.